The normalized spacial score (nSPS) is 10.4. The maximum absolute atomic E-state index is 13.7. The summed E-state index contributed by atoms with van der Waals surface area (Å²) in [6, 6.07) is 4.32. The quantitative estimate of drug-likeness (QED) is 0.912. The zero-order valence-electron chi connectivity index (χ0n) is 9.67. The minimum Gasteiger partial charge on any atom is -0.376 e. The molecule has 1 aromatic carbocycles. The lowest BCUT2D eigenvalue weighted by Crippen LogP contribution is -2.05. The number of pyridine rings is 1. The summed E-state index contributed by atoms with van der Waals surface area (Å²) in [4.78, 5) is 3.84. The van der Waals surface area contributed by atoms with Crippen molar-refractivity contribution in [3.8, 4) is 0 Å². The van der Waals surface area contributed by atoms with Gasteiger partial charge in [0.2, 0.25) is 0 Å². The van der Waals surface area contributed by atoms with Crippen molar-refractivity contribution in [3.63, 3.8) is 0 Å². The summed E-state index contributed by atoms with van der Waals surface area (Å²) < 4.78 is 27.2. The van der Waals surface area contributed by atoms with Crippen molar-refractivity contribution < 1.29 is 8.78 Å². The first-order chi connectivity index (χ1) is 8.59. The monoisotopic (exact) mass is 268 g/mol. The van der Waals surface area contributed by atoms with Gasteiger partial charge >= 0.3 is 0 Å². The second kappa shape index (κ2) is 5.31. The standard InChI is InChI=1S/C13H11ClF2N2/c1-8-2-3-11(15)13(12(8)16)18-6-9-4-5-17-7-10(9)14/h2-5,7,18H,6H2,1H3. The predicted molar refractivity (Wildman–Crippen MR) is 67.7 cm³/mol. The highest BCUT2D eigenvalue weighted by molar-refractivity contribution is 6.31. The Morgan fingerprint density at radius 2 is 2.06 bits per heavy atom. The molecule has 0 aliphatic heterocycles. The summed E-state index contributed by atoms with van der Waals surface area (Å²) in [5.74, 6) is -1.21. The van der Waals surface area contributed by atoms with E-state index in [1.807, 2.05) is 0 Å². The number of benzene rings is 1. The molecule has 1 N–H and O–H groups in total. The first kappa shape index (κ1) is 12.8. The molecule has 0 unspecified atom stereocenters. The van der Waals surface area contributed by atoms with E-state index in [0.29, 0.717) is 10.6 Å². The largest absolute Gasteiger partial charge is 0.376 e. The summed E-state index contributed by atoms with van der Waals surface area (Å²) in [7, 11) is 0. The van der Waals surface area contributed by atoms with E-state index in [1.165, 1.54) is 18.3 Å². The van der Waals surface area contributed by atoms with Crippen LogP contribution in [0.2, 0.25) is 5.02 Å². The minimum absolute atomic E-state index is 0.136. The fraction of sp³-hybridized carbons (Fsp3) is 0.154. The van der Waals surface area contributed by atoms with Gasteiger partial charge in [-0.3, -0.25) is 4.98 Å². The van der Waals surface area contributed by atoms with Crippen LogP contribution < -0.4 is 5.32 Å². The number of anilines is 1. The SMILES string of the molecule is Cc1ccc(F)c(NCc2ccncc2Cl)c1F. The average Bonchev–Trinajstić information content (AvgIpc) is 2.36. The molecule has 0 aliphatic carbocycles. The van der Waals surface area contributed by atoms with Gasteiger partial charge in [0, 0.05) is 18.9 Å². The van der Waals surface area contributed by atoms with Crippen molar-refractivity contribution >= 4 is 17.3 Å². The lowest BCUT2D eigenvalue weighted by atomic mass is 10.2. The highest BCUT2D eigenvalue weighted by Crippen LogP contribution is 2.23. The number of aromatic nitrogens is 1. The van der Waals surface area contributed by atoms with E-state index in [1.54, 1.807) is 19.2 Å². The lowest BCUT2D eigenvalue weighted by Gasteiger charge is -2.11. The second-order valence-corrected chi connectivity index (χ2v) is 4.28. The van der Waals surface area contributed by atoms with E-state index in [2.05, 4.69) is 10.3 Å². The van der Waals surface area contributed by atoms with Gasteiger partial charge in [0.05, 0.1) is 5.02 Å². The van der Waals surface area contributed by atoms with Crippen LogP contribution in [-0.4, -0.2) is 4.98 Å². The van der Waals surface area contributed by atoms with Crippen LogP contribution in [-0.2, 0) is 6.54 Å². The van der Waals surface area contributed by atoms with Crippen molar-refractivity contribution in [1.82, 2.24) is 4.98 Å². The molecule has 2 nitrogen and oxygen atoms in total. The molecule has 0 saturated heterocycles. The average molecular weight is 269 g/mol. The molecular weight excluding hydrogens is 258 g/mol. The van der Waals surface area contributed by atoms with Gasteiger partial charge in [0.25, 0.3) is 0 Å². The highest BCUT2D eigenvalue weighted by Gasteiger charge is 2.11. The zero-order chi connectivity index (χ0) is 13.1. The van der Waals surface area contributed by atoms with Gasteiger partial charge in [0.15, 0.2) is 5.82 Å². The molecule has 0 bridgehead atoms. The molecule has 0 spiro atoms. The Balaban J connectivity index is 2.21. The molecule has 1 heterocycles. The summed E-state index contributed by atoms with van der Waals surface area (Å²) in [5.41, 5.74) is 0.981. The molecular formula is C13H11ClF2N2. The van der Waals surface area contributed by atoms with Crippen molar-refractivity contribution in [1.29, 1.82) is 0 Å². The van der Waals surface area contributed by atoms with E-state index in [0.717, 1.165) is 5.56 Å². The van der Waals surface area contributed by atoms with Crippen LogP contribution in [0.5, 0.6) is 0 Å². The van der Waals surface area contributed by atoms with Gasteiger partial charge in [-0.1, -0.05) is 17.7 Å². The van der Waals surface area contributed by atoms with Gasteiger partial charge in [-0.25, -0.2) is 8.78 Å². The topological polar surface area (TPSA) is 24.9 Å². The van der Waals surface area contributed by atoms with Crippen molar-refractivity contribution in [3.05, 3.63) is 58.4 Å². The smallest absolute Gasteiger partial charge is 0.152 e. The van der Waals surface area contributed by atoms with Gasteiger partial charge in [-0.15, -0.1) is 0 Å². The predicted octanol–water partition coefficient (Wildman–Crippen LogP) is 3.93. The van der Waals surface area contributed by atoms with Gasteiger partial charge in [0.1, 0.15) is 11.5 Å². The molecule has 0 aliphatic rings. The lowest BCUT2D eigenvalue weighted by molar-refractivity contribution is 0.582. The van der Waals surface area contributed by atoms with Crippen LogP contribution in [0.3, 0.4) is 0 Å². The van der Waals surface area contributed by atoms with E-state index in [4.69, 9.17) is 11.6 Å². The van der Waals surface area contributed by atoms with Crippen LogP contribution in [0.1, 0.15) is 11.1 Å². The number of aryl methyl sites for hydroxylation is 1. The fourth-order valence-electron chi connectivity index (χ4n) is 1.55. The van der Waals surface area contributed by atoms with E-state index < -0.39 is 11.6 Å². The maximum Gasteiger partial charge on any atom is 0.152 e. The third-order valence-corrected chi connectivity index (χ3v) is 2.94. The van der Waals surface area contributed by atoms with Gasteiger partial charge in [-0.2, -0.15) is 0 Å². The van der Waals surface area contributed by atoms with Crippen LogP contribution in [0.25, 0.3) is 0 Å². The first-order valence-corrected chi connectivity index (χ1v) is 5.74. The van der Waals surface area contributed by atoms with Crippen LogP contribution >= 0.6 is 11.6 Å². The number of rotatable bonds is 3. The minimum atomic E-state index is -0.622. The zero-order valence-corrected chi connectivity index (χ0v) is 10.4. The summed E-state index contributed by atoms with van der Waals surface area (Å²) in [6.45, 7) is 1.82. The molecule has 2 aromatic rings. The van der Waals surface area contributed by atoms with Crippen LogP contribution in [0.15, 0.2) is 30.6 Å². The third kappa shape index (κ3) is 2.59. The molecule has 18 heavy (non-hydrogen) atoms. The Morgan fingerprint density at radius 3 is 2.78 bits per heavy atom. The maximum atomic E-state index is 13.7. The molecule has 0 amide bonds. The van der Waals surface area contributed by atoms with E-state index in [-0.39, 0.29) is 12.2 Å². The Morgan fingerprint density at radius 1 is 1.28 bits per heavy atom. The van der Waals surface area contributed by atoms with Crippen molar-refractivity contribution in [2.24, 2.45) is 0 Å². The number of halogens is 3. The number of hydrogen-bond acceptors (Lipinski definition) is 2. The van der Waals surface area contributed by atoms with Gasteiger partial charge < -0.3 is 5.32 Å². The van der Waals surface area contributed by atoms with Crippen molar-refractivity contribution in [2.45, 2.75) is 13.5 Å². The Labute approximate surface area is 109 Å². The Kier molecular flexibility index (Phi) is 3.77. The summed E-state index contributed by atoms with van der Waals surface area (Å²) >= 11 is 5.91. The number of nitrogens with one attached hydrogen (secondary N) is 1. The molecule has 0 fully saturated rings. The van der Waals surface area contributed by atoms with Crippen LogP contribution in [0, 0.1) is 18.6 Å². The molecule has 94 valence electrons. The fourth-order valence-corrected chi connectivity index (χ4v) is 1.74. The Bertz CT molecular complexity index is 573. The molecule has 1 aromatic heterocycles. The highest BCUT2D eigenvalue weighted by atomic mass is 35.5. The third-order valence-electron chi connectivity index (χ3n) is 2.60. The van der Waals surface area contributed by atoms with Gasteiger partial charge in [-0.05, 0) is 30.2 Å². The molecule has 0 atom stereocenters. The summed E-state index contributed by atoms with van der Waals surface area (Å²) in [5, 5.41) is 3.17. The van der Waals surface area contributed by atoms with E-state index in [9.17, 15) is 8.78 Å². The van der Waals surface area contributed by atoms with Crippen LogP contribution in [0.4, 0.5) is 14.5 Å². The molecule has 0 saturated carbocycles. The number of nitrogens with zero attached hydrogens (tertiary/aromatic N) is 1. The number of hydrogen-bond donors (Lipinski definition) is 1. The first-order valence-electron chi connectivity index (χ1n) is 5.36. The second-order valence-electron chi connectivity index (χ2n) is 3.87. The molecule has 2 rings (SSSR count). The Hall–Kier alpha value is -1.68. The summed E-state index contributed by atoms with van der Waals surface area (Å²) in [6.07, 6.45) is 3.06. The molecule has 0 radical (unpaired) electrons. The van der Waals surface area contributed by atoms with Crippen molar-refractivity contribution in [2.75, 3.05) is 5.32 Å². The van der Waals surface area contributed by atoms with E-state index >= 15 is 0 Å². The molecule has 5 heteroatoms.